The van der Waals surface area contributed by atoms with Gasteiger partial charge in [-0.1, -0.05) is 30.3 Å². The molecular formula is C24H18F3NO3. The van der Waals surface area contributed by atoms with Crippen molar-refractivity contribution in [3.8, 4) is 23.1 Å². The molecular weight excluding hydrogens is 407 g/mol. The molecule has 0 saturated carbocycles. The number of aromatic nitrogens is 1. The van der Waals surface area contributed by atoms with Crippen molar-refractivity contribution in [1.29, 1.82) is 0 Å². The number of methoxy groups -OCH3 is 1. The van der Waals surface area contributed by atoms with Gasteiger partial charge in [-0.2, -0.15) is 13.2 Å². The Labute approximate surface area is 176 Å². The lowest BCUT2D eigenvalue weighted by molar-refractivity contribution is -0.136. The molecule has 4 aromatic rings. The Morgan fingerprint density at radius 2 is 1.48 bits per heavy atom. The van der Waals surface area contributed by atoms with Gasteiger partial charge in [0.15, 0.2) is 0 Å². The Balaban J connectivity index is 1.56. The summed E-state index contributed by atoms with van der Waals surface area (Å²) < 4.78 is 57.1. The molecule has 0 spiro atoms. The minimum absolute atomic E-state index is 0.0229. The number of halogens is 3. The zero-order valence-electron chi connectivity index (χ0n) is 16.5. The molecule has 0 aliphatic rings. The van der Waals surface area contributed by atoms with E-state index in [1.807, 2.05) is 30.3 Å². The van der Waals surface area contributed by atoms with Crippen LogP contribution in [0.1, 0.15) is 11.1 Å². The average molecular weight is 425 g/mol. The molecule has 0 radical (unpaired) electrons. The number of rotatable bonds is 6. The molecule has 1 aromatic heterocycles. The topological polar surface area (TPSA) is 40.6 Å². The monoisotopic (exact) mass is 425 g/mol. The lowest BCUT2D eigenvalue weighted by atomic mass is 10.1. The van der Waals surface area contributed by atoms with E-state index < -0.39 is 11.7 Å². The summed E-state index contributed by atoms with van der Waals surface area (Å²) in [5.74, 6) is 1.20. The summed E-state index contributed by atoms with van der Waals surface area (Å²) in [4.78, 5) is 4.22. The lowest BCUT2D eigenvalue weighted by Gasteiger charge is -2.14. The van der Waals surface area contributed by atoms with Crippen molar-refractivity contribution in [3.05, 3.63) is 90.0 Å². The molecule has 4 nitrogen and oxygen atoms in total. The number of benzene rings is 3. The molecule has 1 heterocycles. The van der Waals surface area contributed by atoms with E-state index in [1.54, 1.807) is 24.3 Å². The molecule has 158 valence electrons. The molecule has 0 amide bonds. The Bertz CT molecular complexity index is 1180. The van der Waals surface area contributed by atoms with Crippen LogP contribution in [0, 0.1) is 0 Å². The zero-order valence-corrected chi connectivity index (χ0v) is 16.5. The number of fused-ring (bicyclic) bond motifs is 1. The van der Waals surface area contributed by atoms with E-state index in [0.717, 1.165) is 11.6 Å². The van der Waals surface area contributed by atoms with Gasteiger partial charge in [0, 0.05) is 17.5 Å². The minimum atomic E-state index is -4.55. The first-order chi connectivity index (χ1) is 14.9. The molecule has 0 N–H and O–H groups in total. The maximum atomic E-state index is 13.6. The van der Waals surface area contributed by atoms with E-state index in [2.05, 4.69) is 4.98 Å². The minimum Gasteiger partial charge on any atom is -0.497 e. The Hall–Kier alpha value is -3.74. The average Bonchev–Trinajstić information content (AvgIpc) is 2.77. The Morgan fingerprint density at radius 3 is 2.16 bits per heavy atom. The van der Waals surface area contributed by atoms with Crippen LogP contribution in [0.15, 0.2) is 78.9 Å². The molecule has 0 fully saturated rings. The van der Waals surface area contributed by atoms with E-state index in [4.69, 9.17) is 14.2 Å². The second kappa shape index (κ2) is 8.55. The van der Waals surface area contributed by atoms with E-state index in [1.165, 1.54) is 25.3 Å². The molecule has 0 aliphatic heterocycles. The highest BCUT2D eigenvalue weighted by molar-refractivity contribution is 5.84. The van der Waals surface area contributed by atoms with Gasteiger partial charge in [-0.3, -0.25) is 0 Å². The number of alkyl halides is 3. The standard InChI is InChI=1S/C24H18F3NO3/c1-29-19-11-12-20-21(24(25,26)27)14-23(28-22(20)13-19)31-18-9-7-17(8-10-18)30-15-16-5-3-2-4-6-16/h2-14H,15H2,1H3. The van der Waals surface area contributed by atoms with Crippen molar-refractivity contribution in [2.24, 2.45) is 0 Å². The van der Waals surface area contributed by atoms with Gasteiger partial charge >= 0.3 is 6.18 Å². The fourth-order valence-electron chi connectivity index (χ4n) is 3.06. The first-order valence-corrected chi connectivity index (χ1v) is 9.43. The summed E-state index contributed by atoms with van der Waals surface area (Å²) in [6, 6.07) is 21.4. The maximum Gasteiger partial charge on any atom is 0.417 e. The van der Waals surface area contributed by atoms with Gasteiger partial charge in [-0.25, -0.2) is 4.98 Å². The van der Waals surface area contributed by atoms with Crippen molar-refractivity contribution in [2.45, 2.75) is 12.8 Å². The second-order valence-electron chi connectivity index (χ2n) is 6.74. The van der Waals surface area contributed by atoms with Crippen LogP contribution in [-0.2, 0) is 12.8 Å². The zero-order chi connectivity index (χ0) is 21.8. The highest BCUT2D eigenvalue weighted by Crippen LogP contribution is 2.38. The quantitative estimate of drug-likeness (QED) is 0.348. The van der Waals surface area contributed by atoms with Crippen molar-refractivity contribution in [3.63, 3.8) is 0 Å². The lowest BCUT2D eigenvalue weighted by Crippen LogP contribution is -2.07. The van der Waals surface area contributed by atoms with Crippen LogP contribution in [0.2, 0.25) is 0 Å². The molecule has 0 bridgehead atoms. The number of pyridine rings is 1. The first kappa shape index (κ1) is 20.5. The summed E-state index contributed by atoms with van der Waals surface area (Å²) in [7, 11) is 1.44. The molecule has 0 atom stereocenters. The van der Waals surface area contributed by atoms with Crippen LogP contribution >= 0.6 is 0 Å². The number of hydrogen-bond donors (Lipinski definition) is 0. The summed E-state index contributed by atoms with van der Waals surface area (Å²) >= 11 is 0. The van der Waals surface area contributed by atoms with Gasteiger partial charge < -0.3 is 14.2 Å². The molecule has 0 aliphatic carbocycles. The molecule has 0 saturated heterocycles. The summed E-state index contributed by atoms with van der Waals surface area (Å²) in [5, 5.41) is -0.0229. The SMILES string of the molecule is COc1ccc2c(C(F)(F)F)cc(Oc3ccc(OCc4ccccc4)cc3)nc2c1. The highest BCUT2D eigenvalue weighted by atomic mass is 19.4. The van der Waals surface area contributed by atoms with Crippen LogP contribution < -0.4 is 14.2 Å². The largest absolute Gasteiger partial charge is 0.497 e. The third-order valence-corrected chi connectivity index (χ3v) is 4.59. The van der Waals surface area contributed by atoms with Crippen molar-refractivity contribution in [2.75, 3.05) is 7.11 Å². The van der Waals surface area contributed by atoms with Crippen LogP contribution in [0.3, 0.4) is 0 Å². The van der Waals surface area contributed by atoms with Gasteiger partial charge in [0.2, 0.25) is 5.88 Å². The molecule has 31 heavy (non-hydrogen) atoms. The second-order valence-corrected chi connectivity index (χ2v) is 6.74. The molecule has 7 heteroatoms. The predicted octanol–water partition coefficient (Wildman–Crippen LogP) is 6.63. The number of ether oxygens (including phenoxy) is 3. The first-order valence-electron chi connectivity index (χ1n) is 9.43. The molecule has 0 unspecified atom stereocenters. The van der Waals surface area contributed by atoms with Gasteiger partial charge in [-0.15, -0.1) is 0 Å². The Morgan fingerprint density at radius 1 is 0.806 bits per heavy atom. The van der Waals surface area contributed by atoms with E-state index in [0.29, 0.717) is 23.9 Å². The maximum absolute atomic E-state index is 13.6. The van der Waals surface area contributed by atoms with Crippen molar-refractivity contribution < 1.29 is 27.4 Å². The van der Waals surface area contributed by atoms with Gasteiger partial charge in [0.05, 0.1) is 18.2 Å². The highest BCUT2D eigenvalue weighted by Gasteiger charge is 2.34. The normalized spacial score (nSPS) is 11.4. The van der Waals surface area contributed by atoms with Crippen molar-refractivity contribution in [1.82, 2.24) is 4.98 Å². The van der Waals surface area contributed by atoms with Crippen LogP contribution in [0.4, 0.5) is 13.2 Å². The van der Waals surface area contributed by atoms with Gasteiger partial charge in [-0.05, 0) is 42.0 Å². The van der Waals surface area contributed by atoms with Gasteiger partial charge in [0.1, 0.15) is 23.9 Å². The fraction of sp³-hybridized carbons (Fsp3) is 0.125. The number of hydrogen-bond acceptors (Lipinski definition) is 4. The van der Waals surface area contributed by atoms with E-state index in [-0.39, 0.29) is 16.8 Å². The number of nitrogens with zero attached hydrogens (tertiary/aromatic N) is 1. The summed E-state index contributed by atoms with van der Waals surface area (Å²) in [5.41, 5.74) is 0.336. The smallest absolute Gasteiger partial charge is 0.417 e. The summed E-state index contributed by atoms with van der Waals surface area (Å²) in [6.07, 6.45) is -4.55. The third kappa shape index (κ3) is 4.88. The Kier molecular flexibility index (Phi) is 5.66. The fourth-order valence-corrected chi connectivity index (χ4v) is 3.06. The van der Waals surface area contributed by atoms with Crippen LogP contribution in [0.5, 0.6) is 23.1 Å². The van der Waals surface area contributed by atoms with Crippen LogP contribution in [-0.4, -0.2) is 12.1 Å². The predicted molar refractivity (Wildman–Crippen MR) is 111 cm³/mol. The molecule has 3 aromatic carbocycles. The summed E-state index contributed by atoms with van der Waals surface area (Å²) in [6.45, 7) is 0.407. The van der Waals surface area contributed by atoms with Crippen molar-refractivity contribution >= 4 is 10.9 Å². The molecule has 4 rings (SSSR count). The van der Waals surface area contributed by atoms with E-state index in [9.17, 15) is 13.2 Å². The van der Waals surface area contributed by atoms with Gasteiger partial charge in [0.25, 0.3) is 0 Å². The van der Waals surface area contributed by atoms with Crippen LogP contribution in [0.25, 0.3) is 10.9 Å². The third-order valence-electron chi connectivity index (χ3n) is 4.59. The van der Waals surface area contributed by atoms with E-state index >= 15 is 0 Å².